The molecule has 112 valence electrons. The lowest BCUT2D eigenvalue weighted by Crippen LogP contribution is -2.27. The monoisotopic (exact) mass is 295 g/mol. The molecule has 2 aromatic rings. The van der Waals surface area contributed by atoms with E-state index in [0.29, 0.717) is 12.3 Å². The number of unbranched alkanes of at least 4 members (excludes halogenated alkanes) is 1. The zero-order valence-corrected chi connectivity index (χ0v) is 12.6. The lowest BCUT2D eigenvalue weighted by molar-refractivity contribution is -0.0131. The van der Waals surface area contributed by atoms with Crippen LogP contribution in [0.15, 0.2) is 42.5 Å². The average Bonchev–Trinajstić information content (AvgIpc) is 2.92. The molecule has 1 aliphatic rings. The summed E-state index contributed by atoms with van der Waals surface area (Å²) in [6, 6.07) is 12.3. The molecule has 0 N–H and O–H groups in total. The van der Waals surface area contributed by atoms with Crippen LogP contribution < -0.4 is 0 Å². The van der Waals surface area contributed by atoms with Crippen LogP contribution in [0.25, 0.3) is 4.85 Å². The first-order valence-electron chi connectivity index (χ1n) is 7.60. The fourth-order valence-electron chi connectivity index (χ4n) is 3.18. The van der Waals surface area contributed by atoms with Crippen LogP contribution in [0.4, 0.5) is 10.1 Å². The van der Waals surface area contributed by atoms with Gasteiger partial charge in [0.05, 0.1) is 13.2 Å². The molecule has 0 fully saturated rings. The molecule has 3 rings (SSSR count). The van der Waals surface area contributed by atoms with Crippen LogP contribution in [0.5, 0.6) is 0 Å². The Kier molecular flexibility index (Phi) is 3.96. The van der Waals surface area contributed by atoms with Gasteiger partial charge in [-0.15, -0.1) is 0 Å². The van der Waals surface area contributed by atoms with Gasteiger partial charge in [-0.1, -0.05) is 50.1 Å². The molecule has 0 aromatic heterocycles. The predicted octanol–water partition coefficient (Wildman–Crippen LogP) is 5.34. The molecule has 1 heterocycles. The molecule has 0 spiro atoms. The summed E-state index contributed by atoms with van der Waals surface area (Å²) in [6.45, 7) is 9.80. The standard InChI is InChI=1S/C19H18FNO/c1-3-4-11-19(15-5-7-16(20)8-6-15)18-10-9-17(21-2)12-14(18)13-22-19/h5-10,12H,3-4,11,13H2,1H3/t19-/m0/s1. The molecule has 22 heavy (non-hydrogen) atoms. The molecule has 3 heteroatoms. The van der Waals surface area contributed by atoms with Gasteiger partial charge in [0, 0.05) is 0 Å². The highest BCUT2D eigenvalue weighted by Crippen LogP contribution is 2.46. The van der Waals surface area contributed by atoms with Gasteiger partial charge in [-0.2, -0.15) is 0 Å². The number of nitrogens with zero attached hydrogens (tertiary/aromatic N) is 1. The summed E-state index contributed by atoms with van der Waals surface area (Å²) in [5.41, 5.74) is 3.28. The zero-order valence-electron chi connectivity index (χ0n) is 12.6. The van der Waals surface area contributed by atoms with Crippen LogP contribution in [-0.2, 0) is 16.9 Å². The van der Waals surface area contributed by atoms with Crippen LogP contribution in [-0.4, -0.2) is 0 Å². The Hall–Kier alpha value is -2.18. The molecule has 2 nitrogen and oxygen atoms in total. The van der Waals surface area contributed by atoms with Crippen molar-refractivity contribution >= 4 is 5.69 Å². The Morgan fingerprint density at radius 2 is 2.00 bits per heavy atom. The van der Waals surface area contributed by atoms with Crippen LogP contribution in [0.3, 0.4) is 0 Å². The maximum absolute atomic E-state index is 13.3. The summed E-state index contributed by atoms with van der Waals surface area (Å²) in [6.07, 6.45) is 2.96. The quantitative estimate of drug-likeness (QED) is 0.694. The van der Waals surface area contributed by atoms with E-state index in [9.17, 15) is 4.39 Å². The summed E-state index contributed by atoms with van der Waals surface area (Å²) in [5, 5.41) is 0. The highest BCUT2D eigenvalue weighted by atomic mass is 19.1. The first-order chi connectivity index (χ1) is 10.7. The molecule has 0 radical (unpaired) electrons. The van der Waals surface area contributed by atoms with Gasteiger partial charge in [-0.3, -0.25) is 0 Å². The van der Waals surface area contributed by atoms with Crippen LogP contribution in [0, 0.1) is 12.4 Å². The summed E-state index contributed by atoms with van der Waals surface area (Å²) in [4.78, 5) is 3.49. The molecule has 0 saturated carbocycles. The molecule has 1 atom stereocenters. The van der Waals surface area contributed by atoms with Crippen molar-refractivity contribution < 1.29 is 9.13 Å². The van der Waals surface area contributed by atoms with Crippen molar-refractivity contribution in [2.24, 2.45) is 0 Å². The van der Waals surface area contributed by atoms with Crippen molar-refractivity contribution in [2.75, 3.05) is 0 Å². The lowest BCUT2D eigenvalue weighted by atomic mass is 9.81. The number of fused-ring (bicyclic) bond motifs is 1. The summed E-state index contributed by atoms with van der Waals surface area (Å²) >= 11 is 0. The third-order valence-electron chi connectivity index (χ3n) is 4.32. The maximum Gasteiger partial charge on any atom is 0.187 e. The normalized spacial score (nSPS) is 19.7. The summed E-state index contributed by atoms with van der Waals surface area (Å²) in [7, 11) is 0. The molecule has 0 saturated heterocycles. The van der Waals surface area contributed by atoms with Crippen LogP contribution in [0.1, 0.15) is 42.9 Å². The van der Waals surface area contributed by atoms with Gasteiger partial charge in [-0.05, 0) is 35.2 Å². The smallest absolute Gasteiger partial charge is 0.187 e. The van der Waals surface area contributed by atoms with E-state index in [1.807, 2.05) is 30.3 Å². The molecule has 0 unspecified atom stereocenters. The van der Waals surface area contributed by atoms with Crippen molar-refractivity contribution in [3.05, 3.63) is 76.4 Å². The van der Waals surface area contributed by atoms with E-state index in [-0.39, 0.29) is 5.82 Å². The molecular formula is C19H18FNO. The van der Waals surface area contributed by atoms with Crippen molar-refractivity contribution in [1.82, 2.24) is 0 Å². The summed E-state index contributed by atoms with van der Waals surface area (Å²) in [5.74, 6) is -0.240. The SMILES string of the molecule is [C-]#[N+]c1ccc2c(c1)CO[C@@]2(CCCC)c1ccc(F)cc1. The predicted molar refractivity (Wildman–Crippen MR) is 84.2 cm³/mol. The van der Waals surface area contributed by atoms with Gasteiger partial charge < -0.3 is 4.74 Å². The number of ether oxygens (including phenoxy) is 1. The Morgan fingerprint density at radius 1 is 1.23 bits per heavy atom. The third kappa shape index (κ3) is 2.40. The number of hydrogen-bond acceptors (Lipinski definition) is 1. The number of halogens is 1. The Bertz CT molecular complexity index is 717. The largest absolute Gasteiger partial charge is 0.361 e. The Morgan fingerprint density at radius 3 is 2.68 bits per heavy atom. The second kappa shape index (κ2) is 5.90. The van der Waals surface area contributed by atoms with E-state index in [2.05, 4.69) is 11.8 Å². The van der Waals surface area contributed by atoms with E-state index >= 15 is 0 Å². The van der Waals surface area contributed by atoms with Gasteiger partial charge >= 0.3 is 0 Å². The van der Waals surface area contributed by atoms with Crippen molar-refractivity contribution in [3.63, 3.8) is 0 Å². The lowest BCUT2D eigenvalue weighted by Gasteiger charge is -2.30. The minimum Gasteiger partial charge on any atom is -0.361 e. The van der Waals surface area contributed by atoms with E-state index in [1.165, 1.54) is 12.1 Å². The third-order valence-corrected chi connectivity index (χ3v) is 4.32. The van der Waals surface area contributed by atoms with E-state index < -0.39 is 5.60 Å². The van der Waals surface area contributed by atoms with E-state index in [4.69, 9.17) is 11.3 Å². The van der Waals surface area contributed by atoms with Gasteiger partial charge in [0.1, 0.15) is 11.4 Å². The minimum absolute atomic E-state index is 0.240. The molecular weight excluding hydrogens is 277 g/mol. The average molecular weight is 295 g/mol. The number of rotatable bonds is 4. The second-order valence-corrected chi connectivity index (χ2v) is 5.68. The Balaban J connectivity index is 2.10. The zero-order chi connectivity index (χ0) is 15.6. The fourth-order valence-corrected chi connectivity index (χ4v) is 3.18. The minimum atomic E-state index is -0.514. The number of benzene rings is 2. The van der Waals surface area contributed by atoms with Crippen molar-refractivity contribution in [1.29, 1.82) is 0 Å². The first kappa shape index (κ1) is 14.7. The highest BCUT2D eigenvalue weighted by molar-refractivity contribution is 5.54. The van der Waals surface area contributed by atoms with Crippen molar-refractivity contribution in [2.45, 2.75) is 38.4 Å². The second-order valence-electron chi connectivity index (χ2n) is 5.68. The van der Waals surface area contributed by atoms with E-state index in [1.54, 1.807) is 0 Å². The van der Waals surface area contributed by atoms with Crippen LogP contribution >= 0.6 is 0 Å². The van der Waals surface area contributed by atoms with Gasteiger partial charge in [0.15, 0.2) is 5.69 Å². The molecule has 0 aliphatic carbocycles. The fraction of sp³-hybridized carbons (Fsp3) is 0.316. The highest BCUT2D eigenvalue weighted by Gasteiger charge is 2.41. The van der Waals surface area contributed by atoms with Crippen molar-refractivity contribution in [3.8, 4) is 0 Å². The number of hydrogen-bond donors (Lipinski definition) is 0. The first-order valence-corrected chi connectivity index (χ1v) is 7.60. The van der Waals surface area contributed by atoms with Gasteiger partial charge in [0.2, 0.25) is 0 Å². The molecule has 1 aliphatic heterocycles. The molecule has 0 bridgehead atoms. The molecule has 2 aromatic carbocycles. The van der Waals surface area contributed by atoms with Gasteiger partial charge in [0.25, 0.3) is 0 Å². The molecule has 0 amide bonds. The Labute approximate surface area is 130 Å². The van der Waals surface area contributed by atoms with Gasteiger partial charge in [-0.25, -0.2) is 9.24 Å². The topological polar surface area (TPSA) is 13.6 Å². The summed E-state index contributed by atoms with van der Waals surface area (Å²) < 4.78 is 19.5. The van der Waals surface area contributed by atoms with Crippen LogP contribution in [0.2, 0.25) is 0 Å². The van der Waals surface area contributed by atoms with E-state index in [0.717, 1.165) is 36.0 Å². The maximum atomic E-state index is 13.3.